The van der Waals surface area contributed by atoms with Crippen molar-refractivity contribution in [3.05, 3.63) is 11.1 Å². The fraction of sp³-hybridized carbons (Fsp3) is 0.750. The fourth-order valence-corrected chi connectivity index (χ4v) is 0.946. The molecule has 2 N–H and O–H groups in total. The Morgan fingerprint density at radius 3 is 2.82 bits per heavy atom. The van der Waals surface area contributed by atoms with Crippen molar-refractivity contribution in [1.82, 2.24) is 5.32 Å². The molecule has 0 aromatic rings. The quantitative estimate of drug-likeness (QED) is 0.716. The highest BCUT2D eigenvalue weighted by molar-refractivity contribution is 9.11. The summed E-state index contributed by atoms with van der Waals surface area (Å²) in [5.41, 5.74) is 0. The summed E-state index contributed by atoms with van der Waals surface area (Å²) in [5.74, 6) is 0. The summed E-state index contributed by atoms with van der Waals surface area (Å²) in [6, 6.07) is 0.455. The maximum Gasteiger partial charge on any atom is 0.0431 e. The van der Waals surface area contributed by atoms with Crippen LogP contribution < -0.4 is 5.32 Å². The third-order valence-electron chi connectivity index (χ3n) is 1.44. The normalized spacial score (nSPS) is 13.0. The molecule has 11 heavy (non-hydrogen) atoms. The molecule has 0 heterocycles. The first-order chi connectivity index (χ1) is 5.16. The van der Waals surface area contributed by atoms with Gasteiger partial charge in [0.15, 0.2) is 0 Å². The Labute approximate surface area is 76.8 Å². The largest absolute Gasteiger partial charge is 0.396 e. The van der Waals surface area contributed by atoms with Gasteiger partial charge in [-0.25, -0.2) is 0 Å². The molecular weight excluding hydrogens is 206 g/mol. The van der Waals surface area contributed by atoms with Gasteiger partial charge in [-0.3, -0.25) is 0 Å². The lowest BCUT2D eigenvalue weighted by Gasteiger charge is -2.11. The van der Waals surface area contributed by atoms with Gasteiger partial charge in [-0.05, 0) is 19.8 Å². The molecule has 0 aliphatic carbocycles. The smallest absolute Gasteiger partial charge is 0.0431 e. The van der Waals surface area contributed by atoms with Crippen LogP contribution in [0.25, 0.3) is 0 Å². The summed E-state index contributed by atoms with van der Waals surface area (Å²) in [7, 11) is 0. The predicted molar refractivity (Wildman–Crippen MR) is 51.9 cm³/mol. The van der Waals surface area contributed by atoms with E-state index in [0.29, 0.717) is 6.04 Å². The zero-order valence-corrected chi connectivity index (χ0v) is 8.52. The molecule has 66 valence electrons. The molecule has 2 nitrogen and oxygen atoms in total. The van der Waals surface area contributed by atoms with Gasteiger partial charge >= 0.3 is 0 Å². The minimum absolute atomic E-state index is 0.279. The Kier molecular flexibility index (Phi) is 6.91. The van der Waals surface area contributed by atoms with Crippen molar-refractivity contribution < 1.29 is 5.11 Å². The van der Waals surface area contributed by atoms with Crippen LogP contribution >= 0.6 is 15.9 Å². The summed E-state index contributed by atoms with van der Waals surface area (Å²) >= 11 is 3.26. The topological polar surface area (TPSA) is 32.3 Å². The first-order valence-electron chi connectivity index (χ1n) is 3.84. The average molecular weight is 222 g/mol. The maximum absolute atomic E-state index is 8.54. The molecule has 0 radical (unpaired) electrons. The molecule has 1 unspecified atom stereocenters. The molecule has 0 aromatic carbocycles. The number of hydrogen-bond donors (Lipinski definition) is 2. The van der Waals surface area contributed by atoms with Crippen LogP contribution in [0, 0.1) is 0 Å². The van der Waals surface area contributed by atoms with Crippen LogP contribution in [0.4, 0.5) is 0 Å². The summed E-state index contributed by atoms with van der Waals surface area (Å²) in [4.78, 5) is 0. The van der Waals surface area contributed by atoms with Crippen LogP contribution in [0.15, 0.2) is 11.1 Å². The Morgan fingerprint density at radius 1 is 1.73 bits per heavy atom. The van der Waals surface area contributed by atoms with E-state index in [1.165, 1.54) is 0 Å². The van der Waals surface area contributed by atoms with Crippen LogP contribution in [0.2, 0.25) is 0 Å². The first-order valence-corrected chi connectivity index (χ1v) is 4.63. The van der Waals surface area contributed by atoms with E-state index in [-0.39, 0.29) is 6.61 Å². The van der Waals surface area contributed by atoms with Gasteiger partial charge in [0.25, 0.3) is 0 Å². The minimum Gasteiger partial charge on any atom is -0.396 e. The second-order valence-electron chi connectivity index (χ2n) is 2.67. The van der Waals surface area contributed by atoms with E-state index in [2.05, 4.69) is 34.7 Å². The Balaban J connectivity index is 3.22. The molecule has 0 spiro atoms. The second kappa shape index (κ2) is 6.83. The first kappa shape index (κ1) is 11.1. The van der Waals surface area contributed by atoms with E-state index >= 15 is 0 Å². The molecule has 0 aromatic heterocycles. The van der Waals surface area contributed by atoms with Gasteiger partial charge in [0.2, 0.25) is 0 Å². The average Bonchev–Trinajstić information content (AvgIpc) is 1.97. The van der Waals surface area contributed by atoms with Gasteiger partial charge in [-0.2, -0.15) is 0 Å². The predicted octanol–water partition coefficient (Wildman–Crippen LogP) is 1.65. The van der Waals surface area contributed by atoms with Gasteiger partial charge in [0.05, 0.1) is 0 Å². The lowest BCUT2D eigenvalue weighted by molar-refractivity contribution is 0.277. The zero-order valence-electron chi connectivity index (χ0n) is 6.94. The Morgan fingerprint density at radius 2 is 2.36 bits per heavy atom. The van der Waals surface area contributed by atoms with E-state index in [1.54, 1.807) is 0 Å². The summed E-state index contributed by atoms with van der Waals surface area (Å²) in [6.07, 6.45) is 1.87. The second-order valence-corrected chi connectivity index (χ2v) is 3.79. The molecule has 1 atom stereocenters. The number of aliphatic hydroxyl groups is 1. The van der Waals surface area contributed by atoms with Gasteiger partial charge in [0.1, 0.15) is 0 Å². The van der Waals surface area contributed by atoms with Crippen molar-refractivity contribution in [3.8, 4) is 0 Å². The van der Waals surface area contributed by atoms with Gasteiger partial charge < -0.3 is 10.4 Å². The molecule has 0 fully saturated rings. The summed E-state index contributed by atoms with van der Waals surface area (Å²) in [5, 5.41) is 11.8. The Bertz CT molecular complexity index is 117. The Hall–Kier alpha value is 0.140. The monoisotopic (exact) mass is 221 g/mol. The highest BCUT2D eigenvalue weighted by atomic mass is 79.9. The van der Waals surface area contributed by atoms with E-state index in [4.69, 9.17) is 5.11 Å². The standard InChI is InChI=1S/C8H16BrNO/c1-7(9)6-10-8(2)4-3-5-11/h8,10-11H,1,3-6H2,2H3. The van der Waals surface area contributed by atoms with E-state index in [0.717, 1.165) is 23.9 Å². The fourth-order valence-electron chi connectivity index (χ4n) is 0.785. The van der Waals surface area contributed by atoms with Crippen molar-refractivity contribution in [3.63, 3.8) is 0 Å². The van der Waals surface area contributed by atoms with Gasteiger partial charge in [-0.1, -0.05) is 22.5 Å². The maximum atomic E-state index is 8.54. The van der Waals surface area contributed by atoms with Crippen molar-refractivity contribution in [1.29, 1.82) is 0 Å². The van der Waals surface area contributed by atoms with Crippen LogP contribution in [-0.2, 0) is 0 Å². The number of aliphatic hydroxyl groups excluding tert-OH is 1. The van der Waals surface area contributed by atoms with Crippen LogP contribution in [0.3, 0.4) is 0 Å². The van der Waals surface area contributed by atoms with Crippen LogP contribution in [0.1, 0.15) is 19.8 Å². The van der Waals surface area contributed by atoms with Crippen molar-refractivity contribution in [2.24, 2.45) is 0 Å². The van der Waals surface area contributed by atoms with Gasteiger partial charge in [0, 0.05) is 23.7 Å². The lowest BCUT2D eigenvalue weighted by atomic mass is 10.2. The molecule has 0 saturated heterocycles. The molecular formula is C8H16BrNO. The zero-order chi connectivity index (χ0) is 8.69. The van der Waals surface area contributed by atoms with E-state index in [1.807, 2.05) is 0 Å². The molecule has 3 heteroatoms. The van der Waals surface area contributed by atoms with E-state index in [9.17, 15) is 0 Å². The number of halogens is 1. The highest BCUT2D eigenvalue weighted by Gasteiger charge is 1.99. The van der Waals surface area contributed by atoms with Crippen molar-refractivity contribution in [2.45, 2.75) is 25.8 Å². The van der Waals surface area contributed by atoms with Gasteiger partial charge in [-0.15, -0.1) is 0 Å². The third kappa shape index (κ3) is 8.04. The van der Waals surface area contributed by atoms with E-state index < -0.39 is 0 Å². The summed E-state index contributed by atoms with van der Waals surface area (Å²) in [6.45, 7) is 6.89. The van der Waals surface area contributed by atoms with Crippen LogP contribution in [-0.4, -0.2) is 24.3 Å². The van der Waals surface area contributed by atoms with Crippen molar-refractivity contribution in [2.75, 3.05) is 13.2 Å². The third-order valence-corrected chi connectivity index (χ3v) is 1.72. The summed E-state index contributed by atoms with van der Waals surface area (Å²) < 4.78 is 0.966. The number of rotatable bonds is 6. The molecule has 0 bridgehead atoms. The number of nitrogens with one attached hydrogen (secondary N) is 1. The minimum atomic E-state index is 0.279. The molecule has 0 aliphatic heterocycles. The number of hydrogen-bond acceptors (Lipinski definition) is 2. The molecule has 0 saturated carbocycles. The highest BCUT2D eigenvalue weighted by Crippen LogP contribution is 2.00. The van der Waals surface area contributed by atoms with Crippen molar-refractivity contribution >= 4 is 15.9 Å². The molecule has 0 rings (SSSR count). The lowest BCUT2D eigenvalue weighted by Crippen LogP contribution is -2.27. The van der Waals surface area contributed by atoms with Crippen LogP contribution in [0.5, 0.6) is 0 Å². The molecule has 0 aliphatic rings. The SMILES string of the molecule is C=C(Br)CNC(C)CCCO. The molecule has 0 amide bonds.